The molecule has 2 rings (SSSR count). The van der Waals surface area contributed by atoms with Crippen molar-refractivity contribution in [3.8, 4) is 0 Å². The molecule has 1 aromatic heterocycles. The van der Waals surface area contributed by atoms with Gasteiger partial charge in [-0.15, -0.1) is 0 Å². The number of nitrogens with one attached hydrogen (secondary N) is 1. The van der Waals surface area contributed by atoms with Crippen molar-refractivity contribution in [1.82, 2.24) is 15.1 Å². The van der Waals surface area contributed by atoms with E-state index in [0.717, 1.165) is 13.1 Å². The largest absolute Gasteiger partial charge is 0.309 e. The number of nitrogens with zero attached hydrogens (tertiary/aromatic N) is 2. The van der Waals surface area contributed by atoms with Crippen molar-refractivity contribution in [3.63, 3.8) is 0 Å². The minimum atomic E-state index is 0.451. The number of rotatable bonds is 4. The van der Waals surface area contributed by atoms with Gasteiger partial charge in [0.05, 0.1) is 0 Å². The van der Waals surface area contributed by atoms with Crippen LogP contribution in [-0.4, -0.2) is 56.1 Å². The summed E-state index contributed by atoms with van der Waals surface area (Å²) >= 11 is 1.79. The van der Waals surface area contributed by atoms with Gasteiger partial charge in [0, 0.05) is 18.6 Å². The average molecular weight is 267 g/mol. The Morgan fingerprint density at radius 1 is 1.44 bits per heavy atom. The summed E-state index contributed by atoms with van der Waals surface area (Å²) in [7, 11) is 4.50. The minimum Gasteiger partial charge on any atom is -0.309 e. The second-order valence-electron chi connectivity index (χ2n) is 5.26. The molecule has 2 unspecified atom stereocenters. The van der Waals surface area contributed by atoms with E-state index in [4.69, 9.17) is 0 Å². The first kappa shape index (κ1) is 14.0. The SMILES string of the molecule is CCNC(c1ccsc1)C1CN(C)CCCN1C. The summed E-state index contributed by atoms with van der Waals surface area (Å²) < 4.78 is 0. The van der Waals surface area contributed by atoms with Gasteiger partial charge >= 0.3 is 0 Å². The van der Waals surface area contributed by atoms with Crippen molar-refractivity contribution in [2.45, 2.75) is 25.4 Å². The number of hydrogen-bond acceptors (Lipinski definition) is 4. The van der Waals surface area contributed by atoms with Crippen molar-refractivity contribution in [1.29, 1.82) is 0 Å². The van der Waals surface area contributed by atoms with Crippen LogP contribution in [0.5, 0.6) is 0 Å². The predicted octanol–water partition coefficient (Wildman–Crippen LogP) is 2.03. The lowest BCUT2D eigenvalue weighted by molar-refractivity contribution is 0.179. The maximum atomic E-state index is 3.67. The zero-order chi connectivity index (χ0) is 13.0. The Balaban J connectivity index is 2.17. The van der Waals surface area contributed by atoms with Crippen LogP contribution < -0.4 is 5.32 Å². The average Bonchev–Trinajstić information content (AvgIpc) is 2.81. The summed E-state index contributed by atoms with van der Waals surface area (Å²) in [6.45, 7) is 6.77. The molecule has 0 aliphatic carbocycles. The Labute approximate surface area is 115 Å². The van der Waals surface area contributed by atoms with Gasteiger partial charge in [-0.25, -0.2) is 0 Å². The molecule has 4 heteroatoms. The van der Waals surface area contributed by atoms with Crippen molar-refractivity contribution in [3.05, 3.63) is 22.4 Å². The highest BCUT2D eigenvalue weighted by molar-refractivity contribution is 7.07. The maximum absolute atomic E-state index is 3.67. The van der Waals surface area contributed by atoms with E-state index in [-0.39, 0.29) is 0 Å². The first-order valence-electron chi connectivity index (χ1n) is 6.86. The van der Waals surface area contributed by atoms with Crippen molar-refractivity contribution < 1.29 is 0 Å². The maximum Gasteiger partial charge on any atom is 0.0498 e. The van der Waals surface area contributed by atoms with E-state index in [0.29, 0.717) is 12.1 Å². The second kappa shape index (κ2) is 6.66. The molecule has 2 atom stereocenters. The molecule has 1 saturated heterocycles. The van der Waals surface area contributed by atoms with Crippen LogP contribution in [0.25, 0.3) is 0 Å². The molecule has 18 heavy (non-hydrogen) atoms. The normalized spacial score (nSPS) is 24.9. The molecular weight excluding hydrogens is 242 g/mol. The molecule has 0 aromatic carbocycles. The van der Waals surface area contributed by atoms with Crippen LogP contribution in [0.4, 0.5) is 0 Å². The molecule has 3 nitrogen and oxygen atoms in total. The molecule has 1 aromatic rings. The van der Waals surface area contributed by atoms with E-state index in [1.165, 1.54) is 25.1 Å². The van der Waals surface area contributed by atoms with Crippen molar-refractivity contribution >= 4 is 11.3 Å². The lowest BCUT2D eigenvalue weighted by Gasteiger charge is -2.34. The van der Waals surface area contributed by atoms with Gasteiger partial charge in [-0.3, -0.25) is 0 Å². The summed E-state index contributed by atoms with van der Waals surface area (Å²) in [6, 6.07) is 3.27. The molecule has 1 aliphatic heterocycles. The molecule has 2 heterocycles. The molecule has 0 spiro atoms. The van der Waals surface area contributed by atoms with Crippen molar-refractivity contribution in [2.24, 2.45) is 0 Å². The molecule has 1 N–H and O–H groups in total. The first-order valence-corrected chi connectivity index (χ1v) is 7.81. The zero-order valence-electron chi connectivity index (χ0n) is 11.7. The summed E-state index contributed by atoms with van der Waals surface area (Å²) in [5.41, 5.74) is 1.44. The fourth-order valence-corrected chi connectivity index (χ4v) is 3.51. The highest BCUT2D eigenvalue weighted by Gasteiger charge is 2.29. The fourth-order valence-electron chi connectivity index (χ4n) is 2.81. The first-order chi connectivity index (χ1) is 8.72. The molecule has 0 bridgehead atoms. The van der Waals surface area contributed by atoms with Gasteiger partial charge in [0.2, 0.25) is 0 Å². The summed E-state index contributed by atoms with van der Waals surface area (Å²) in [5, 5.41) is 8.14. The smallest absolute Gasteiger partial charge is 0.0498 e. The Morgan fingerprint density at radius 3 is 2.94 bits per heavy atom. The molecule has 0 amide bonds. The molecule has 1 fully saturated rings. The van der Waals surface area contributed by atoms with Crippen LogP contribution in [0, 0.1) is 0 Å². The van der Waals surface area contributed by atoms with E-state index in [1.807, 2.05) is 0 Å². The Kier molecular flexibility index (Phi) is 5.18. The molecular formula is C14H25N3S. The third kappa shape index (κ3) is 3.32. The van der Waals surface area contributed by atoms with Gasteiger partial charge < -0.3 is 15.1 Å². The van der Waals surface area contributed by atoms with Crippen LogP contribution in [0.1, 0.15) is 24.9 Å². The second-order valence-corrected chi connectivity index (χ2v) is 6.04. The molecule has 0 radical (unpaired) electrons. The van der Waals surface area contributed by atoms with Crippen LogP contribution in [0.15, 0.2) is 16.8 Å². The van der Waals surface area contributed by atoms with Gasteiger partial charge in [0.25, 0.3) is 0 Å². The quantitative estimate of drug-likeness (QED) is 0.900. The Hall–Kier alpha value is -0.420. The third-order valence-corrected chi connectivity index (χ3v) is 4.53. The van der Waals surface area contributed by atoms with Crippen LogP contribution in [0.3, 0.4) is 0 Å². The van der Waals surface area contributed by atoms with Gasteiger partial charge in [0.1, 0.15) is 0 Å². The number of thiophene rings is 1. The number of likely N-dealkylation sites (N-methyl/N-ethyl adjacent to an activating group) is 3. The summed E-state index contributed by atoms with van der Waals surface area (Å²) in [6.07, 6.45) is 1.27. The van der Waals surface area contributed by atoms with Crippen LogP contribution >= 0.6 is 11.3 Å². The van der Waals surface area contributed by atoms with Gasteiger partial charge in [-0.2, -0.15) is 11.3 Å². The predicted molar refractivity (Wildman–Crippen MR) is 79.3 cm³/mol. The fraction of sp³-hybridized carbons (Fsp3) is 0.714. The topological polar surface area (TPSA) is 18.5 Å². The summed E-state index contributed by atoms with van der Waals surface area (Å²) in [5.74, 6) is 0. The lowest BCUT2D eigenvalue weighted by Crippen LogP contribution is -2.46. The van der Waals surface area contributed by atoms with Gasteiger partial charge in [-0.05, 0) is 62.5 Å². The minimum absolute atomic E-state index is 0.451. The van der Waals surface area contributed by atoms with E-state index >= 15 is 0 Å². The number of hydrogen-bond donors (Lipinski definition) is 1. The molecule has 102 valence electrons. The van der Waals surface area contributed by atoms with Crippen LogP contribution in [-0.2, 0) is 0 Å². The van der Waals surface area contributed by atoms with Gasteiger partial charge in [-0.1, -0.05) is 6.92 Å². The monoisotopic (exact) mass is 267 g/mol. The highest BCUT2D eigenvalue weighted by Crippen LogP contribution is 2.24. The van der Waals surface area contributed by atoms with E-state index in [1.54, 1.807) is 11.3 Å². The molecule has 1 aliphatic rings. The van der Waals surface area contributed by atoms with Gasteiger partial charge in [0.15, 0.2) is 0 Å². The van der Waals surface area contributed by atoms with E-state index in [9.17, 15) is 0 Å². The Bertz CT molecular complexity index is 339. The summed E-state index contributed by atoms with van der Waals surface area (Å²) in [4.78, 5) is 4.99. The van der Waals surface area contributed by atoms with Crippen LogP contribution in [0.2, 0.25) is 0 Å². The van der Waals surface area contributed by atoms with Crippen molar-refractivity contribution in [2.75, 3.05) is 40.3 Å². The highest BCUT2D eigenvalue weighted by atomic mass is 32.1. The lowest BCUT2D eigenvalue weighted by atomic mass is 10.0. The molecule has 0 saturated carbocycles. The van der Waals surface area contributed by atoms with E-state index < -0.39 is 0 Å². The zero-order valence-corrected chi connectivity index (χ0v) is 12.5. The van der Waals surface area contributed by atoms with E-state index in [2.05, 4.69) is 53.0 Å². The standard InChI is InChI=1S/C14H25N3S/c1-4-15-14(12-6-9-18-11-12)13-10-16(2)7-5-8-17(13)3/h6,9,11,13-15H,4-5,7-8,10H2,1-3H3. The Morgan fingerprint density at radius 2 is 2.28 bits per heavy atom. The third-order valence-electron chi connectivity index (χ3n) is 3.83.